The Morgan fingerprint density at radius 3 is 2.75 bits per heavy atom. The highest BCUT2D eigenvalue weighted by Crippen LogP contribution is 2.21. The number of aliphatic hydroxyl groups excluding tert-OH is 1. The highest BCUT2D eigenvalue weighted by molar-refractivity contribution is 5.94. The van der Waals surface area contributed by atoms with Crippen LogP contribution in [0.5, 0.6) is 0 Å². The zero-order valence-electron chi connectivity index (χ0n) is 11.6. The van der Waals surface area contributed by atoms with Crippen molar-refractivity contribution in [2.45, 2.75) is 31.4 Å². The van der Waals surface area contributed by atoms with Gasteiger partial charge in [-0.3, -0.25) is 4.79 Å². The molecule has 2 rings (SSSR count). The number of aliphatic hydroxyl groups is 1. The number of rotatable bonds is 3. The average molecular weight is 273 g/mol. The van der Waals surface area contributed by atoms with Crippen LogP contribution in [-0.2, 0) is 4.74 Å². The Balaban J connectivity index is 1.92. The Bertz CT molecular complexity index is 513. The van der Waals surface area contributed by atoms with Crippen LogP contribution in [0.4, 0.5) is 0 Å². The summed E-state index contributed by atoms with van der Waals surface area (Å²) in [6, 6.07) is 7.26. The molecule has 1 aliphatic rings. The van der Waals surface area contributed by atoms with Gasteiger partial charge in [0.1, 0.15) is 6.61 Å². The predicted molar refractivity (Wildman–Crippen MR) is 76.3 cm³/mol. The SMILES string of the molecule is COC1CCC(NC(=O)c2ccc(C#CCO)cc2)C1. The highest BCUT2D eigenvalue weighted by atomic mass is 16.5. The van der Waals surface area contributed by atoms with Crippen LogP contribution in [0.15, 0.2) is 24.3 Å². The van der Waals surface area contributed by atoms with Gasteiger partial charge in [0.15, 0.2) is 0 Å². The average Bonchev–Trinajstić information content (AvgIpc) is 2.93. The van der Waals surface area contributed by atoms with Crippen LogP contribution in [0.1, 0.15) is 35.2 Å². The highest BCUT2D eigenvalue weighted by Gasteiger charge is 2.25. The van der Waals surface area contributed by atoms with Crippen molar-refractivity contribution in [3.05, 3.63) is 35.4 Å². The lowest BCUT2D eigenvalue weighted by Gasteiger charge is -2.13. The van der Waals surface area contributed by atoms with Crippen LogP contribution in [0.2, 0.25) is 0 Å². The number of ether oxygens (including phenoxy) is 1. The Kier molecular flexibility index (Phi) is 5.16. The normalized spacial score (nSPS) is 21.1. The molecule has 1 aliphatic carbocycles. The summed E-state index contributed by atoms with van der Waals surface area (Å²) < 4.78 is 5.29. The van der Waals surface area contributed by atoms with Crippen LogP contribution in [0, 0.1) is 11.8 Å². The van der Waals surface area contributed by atoms with E-state index in [1.54, 1.807) is 31.4 Å². The molecule has 0 heterocycles. The molecule has 0 aromatic heterocycles. The summed E-state index contributed by atoms with van der Waals surface area (Å²) in [5.41, 5.74) is 1.41. The van der Waals surface area contributed by atoms with E-state index < -0.39 is 0 Å². The van der Waals surface area contributed by atoms with E-state index in [1.165, 1.54) is 0 Å². The number of hydrogen-bond donors (Lipinski definition) is 2. The Hall–Kier alpha value is -1.83. The molecule has 1 aromatic rings. The maximum atomic E-state index is 12.1. The van der Waals surface area contributed by atoms with E-state index in [1.807, 2.05) is 0 Å². The molecule has 1 fully saturated rings. The number of amides is 1. The number of carbonyl (C=O) groups is 1. The monoisotopic (exact) mass is 273 g/mol. The minimum absolute atomic E-state index is 0.0616. The molecule has 4 nitrogen and oxygen atoms in total. The first-order valence-electron chi connectivity index (χ1n) is 6.76. The molecule has 4 heteroatoms. The van der Waals surface area contributed by atoms with Crippen LogP contribution in [0.3, 0.4) is 0 Å². The third kappa shape index (κ3) is 3.83. The van der Waals surface area contributed by atoms with E-state index >= 15 is 0 Å². The van der Waals surface area contributed by atoms with Crippen molar-refractivity contribution in [2.24, 2.45) is 0 Å². The van der Waals surface area contributed by atoms with Crippen molar-refractivity contribution in [3.8, 4) is 11.8 Å². The summed E-state index contributed by atoms with van der Waals surface area (Å²) in [5.74, 6) is 5.31. The summed E-state index contributed by atoms with van der Waals surface area (Å²) in [4.78, 5) is 12.1. The van der Waals surface area contributed by atoms with Crippen LogP contribution in [0.25, 0.3) is 0 Å². The van der Waals surface area contributed by atoms with Gasteiger partial charge in [-0.1, -0.05) is 11.8 Å². The Labute approximate surface area is 119 Å². The molecule has 0 spiro atoms. The summed E-state index contributed by atoms with van der Waals surface area (Å²) in [7, 11) is 1.71. The van der Waals surface area contributed by atoms with Gasteiger partial charge in [-0.05, 0) is 43.5 Å². The molecule has 0 aliphatic heterocycles. The lowest BCUT2D eigenvalue weighted by molar-refractivity contribution is 0.0915. The fourth-order valence-electron chi connectivity index (χ4n) is 2.40. The van der Waals surface area contributed by atoms with Crippen molar-refractivity contribution < 1.29 is 14.6 Å². The van der Waals surface area contributed by atoms with Crippen molar-refractivity contribution >= 4 is 5.91 Å². The lowest BCUT2D eigenvalue weighted by Crippen LogP contribution is -2.33. The number of nitrogens with one attached hydrogen (secondary N) is 1. The Morgan fingerprint density at radius 2 is 2.15 bits per heavy atom. The van der Waals surface area contributed by atoms with E-state index in [0.29, 0.717) is 5.56 Å². The lowest BCUT2D eigenvalue weighted by atomic mass is 10.1. The van der Waals surface area contributed by atoms with Crippen LogP contribution >= 0.6 is 0 Å². The number of benzene rings is 1. The third-order valence-electron chi connectivity index (χ3n) is 3.51. The molecule has 1 saturated carbocycles. The molecule has 0 radical (unpaired) electrons. The molecule has 2 unspecified atom stereocenters. The second-order valence-corrected chi connectivity index (χ2v) is 4.88. The summed E-state index contributed by atoms with van der Waals surface area (Å²) in [6.45, 7) is -0.162. The molecule has 2 atom stereocenters. The number of methoxy groups -OCH3 is 1. The van der Waals surface area contributed by atoms with E-state index in [4.69, 9.17) is 9.84 Å². The van der Waals surface area contributed by atoms with E-state index in [9.17, 15) is 4.79 Å². The van der Waals surface area contributed by atoms with Gasteiger partial charge in [0.2, 0.25) is 0 Å². The van der Waals surface area contributed by atoms with Gasteiger partial charge in [-0.15, -0.1) is 0 Å². The first-order valence-corrected chi connectivity index (χ1v) is 6.76. The van der Waals surface area contributed by atoms with E-state index in [0.717, 1.165) is 24.8 Å². The second kappa shape index (κ2) is 7.09. The van der Waals surface area contributed by atoms with Crippen molar-refractivity contribution in [3.63, 3.8) is 0 Å². The first-order chi connectivity index (χ1) is 9.72. The smallest absolute Gasteiger partial charge is 0.251 e. The molecule has 0 bridgehead atoms. The topological polar surface area (TPSA) is 58.6 Å². The van der Waals surface area contributed by atoms with Gasteiger partial charge in [0.25, 0.3) is 5.91 Å². The van der Waals surface area contributed by atoms with Gasteiger partial charge >= 0.3 is 0 Å². The van der Waals surface area contributed by atoms with Crippen molar-refractivity contribution in [1.29, 1.82) is 0 Å². The maximum absolute atomic E-state index is 12.1. The second-order valence-electron chi connectivity index (χ2n) is 4.88. The standard InChI is InChI=1S/C16H19NO3/c1-20-15-9-8-14(11-15)17-16(19)13-6-4-12(5-7-13)3-2-10-18/h4-7,14-15,18H,8-11H2,1H3,(H,17,19). The minimum Gasteiger partial charge on any atom is -0.384 e. The molecular formula is C16H19NO3. The van der Waals surface area contributed by atoms with Crippen molar-refractivity contribution in [2.75, 3.05) is 13.7 Å². The van der Waals surface area contributed by atoms with Crippen LogP contribution < -0.4 is 5.32 Å². The van der Waals surface area contributed by atoms with E-state index in [2.05, 4.69) is 17.2 Å². The fourth-order valence-corrected chi connectivity index (χ4v) is 2.40. The Morgan fingerprint density at radius 1 is 1.40 bits per heavy atom. The largest absolute Gasteiger partial charge is 0.384 e. The zero-order valence-corrected chi connectivity index (χ0v) is 11.6. The third-order valence-corrected chi connectivity index (χ3v) is 3.51. The van der Waals surface area contributed by atoms with Gasteiger partial charge in [-0.25, -0.2) is 0 Å². The molecule has 0 saturated heterocycles. The fraction of sp³-hybridized carbons (Fsp3) is 0.438. The van der Waals surface area contributed by atoms with Gasteiger partial charge in [-0.2, -0.15) is 0 Å². The summed E-state index contributed by atoms with van der Waals surface area (Å²) in [5, 5.41) is 11.7. The molecule has 2 N–H and O–H groups in total. The van der Waals surface area contributed by atoms with Gasteiger partial charge in [0.05, 0.1) is 6.10 Å². The summed E-state index contributed by atoms with van der Waals surface area (Å²) in [6.07, 6.45) is 3.10. The van der Waals surface area contributed by atoms with Crippen LogP contribution in [-0.4, -0.2) is 36.9 Å². The molecule has 106 valence electrons. The zero-order chi connectivity index (χ0) is 14.4. The minimum atomic E-state index is -0.162. The molecular weight excluding hydrogens is 254 g/mol. The number of carbonyl (C=O) groups excluding carboxylic acids is 1. The van der Waals surface area contributed by atoms with E-state index in [-0.39, 0.29) is 24.7 Å². The first kappa shape index (κ1) is 14.6. The quantitative estimate of drug-likeness (QED) is 0.817. The summed E-state index contributed by atoms with van der Waals surface area (Å²) >= 11 is 0. The predicted octanol–water partition coefficient (Wildman–Crippen LogP) is 1.33. The molecule has 1 amide bonds. The van der Waals surface area contributed by atoms with Gasteiger partial charge in [0, 0.05) is 24.3 Å². The van der Waals surface area contributed by atoms with Crippen molar-refractivity contribution in [1.82, 2.24) is 5.32 Å². The number of hydrogen-bond acceptors (Lipinski definition) is 3. The maximum Gasteiger partial charge on any atom is 0.251 e. The van der Waals surface area contributed by atoms with Gasteiger partial charge < -0.3 is 15.2 Å². The molecule has 1 aromatic carbocycles. The molecule has 20 heavy (non-hydrogen) atoms.